The average Bonchev–Trinajstić information content (AvgIpc) is 3.18. The molecule has 0 atom stereocenters. The Bertz CT molecular complexity index is 526. The molecule has 1 aromatic rings. The summed E-state index contributed by atoms with van der Waals surface area (Å²) in [4.78, 5) is 13.7. The molecule has 0 spiro atoms. The standard InChI is InChI=1S/C13H16FN3O2/c1-17(8-9-3-2-4-10(14)7-9)12(18)13(5-6-13)11(15)16-19/h2-4,7,19H,5-6,8H2,1H3,(H2,15,16). The third-order valence-corrected chi connectivity index (χ3v) is 3.41. The van der Waals surface area contributed by atoms with Gasteiger partial charge < -0.3 is 15.8 Å². The van der Waals surface area contributed by atoms with Crippen molar-refractivity contribution < 1.29 is 14.4 Å². The van der Waals surface area contributed by atoms with Crippen LogP contribution in [0, 0.1) is 11.2 Å². The summed E-state index contributed by atoms with van der Waals surface area (Å²) >= 11 is 0. The Hall–Kier alpha value is -2.11. The summed E-state index contributed by atoms with van der Waals surface area (Å²) < 4.78 is 13.1. The number of amidine groups is 1. The molecule has 0 unspecified atom stereocenters. The van der Waals surface area contributed by atoms with Gasteiger partial charge in [0.2, 0.25) is 5.91 Å². The van der Waals surface area contributed by atoms with E-state index in [2.05, 4.69) is 5.16 Å². The highest BCUT2D eigenvalue weighted by Crippen LogP contribution is 2.47. The highest BCUT2D eigenvalue weighted by Gasteiger charge is 2.55. The van der Waals surface area contributed by atoms with E-state index in [0.29, 0.717) is 18.4 Å². The Labute approximate surface area is 110 Å². The monoisotopic (exact) mass is 265 g/mol. The van der Waals surface area contributed by atoms with Gasteiger partial charge in [0, 0.05) is 13.6 Å². The zero-order valence-corrected chi connectivity index (χ0v) is 10.6. The zero-order valence-electron chi connectivity index (χ0n) is 10.6. The molecule has 1 aromatic carbocycles. The van der Waals surface area contributed by atoms with Gasteiger partial charge in [0.05, 0.1) is 0 Å². The Kier molecular flexibility index (Phi) is 3.42. The van der Waals surface area contributed by atoms with Crippen LogP contribution in [-0.2, 0) is 11.3 Å². The summed E-state index contributed by atoms with van der Waals surface area (Å²) in [5.41, 5.74) is 5.40. The van der Waals surface area contributed by atoms with Crippen LogP contribution in [0.1, 0.15) is 18.4 Å². The van der Waals surface area contributed by atoms with Gasteiger partial charge in [-0.3, -0.25) is 4.79 Å². The number of carbonyl (C=O) groups is 1. The van der Waals surface area contributed by atoms with Crippen molar-refractivity contribution in [1.29, 1.82) is 0 Å². The van der Waals surface area contributed by atoms with Crippen LogP contribution in [0.25, 0.3) is 0 Å². The third kappa shape index (κ3) is 2.52. The lowest BCUT2D eigenvalue weighted by molar-refractivity contribution is -0.133. The third-order valence-electron chi connectivity index (χ3n) is 3.41. The highest BCUT2D eigenvalue weighted by molar-refractivity contribution is 6.09. The molecular formula is C13H16FN3O2. The van der Waals surface area contributed by atoms with E-state index in [0.717, 1.165) is 0 Å². The van der Waals surface area contributed by atoms with E-state index >= 15 is 0 Å². The molecule has 0 radical (unpaired) electrons. The molecule has 2 rings (SSSR count). The lowest BCUT2D eigenvalue weighted by atomic mass is 10.0. The van der Waals surface area contributed by atoms with E-state index in [4.69, 9.17) is 10.9 Å². The Morgan fingerprint density at radius 1 is 1.58 bits per heavy atom. The van der Waals surface area contributed by atoms with Crippen LogP contribution < -0.4 is 5.73 Å². The summed E-state index contributed by atoms with van der Waals surface area (Å²) in [5.74, 6) is -0.591. The number of carbonyl (C=O) groups excluding carboxylic acids is 1. The summed E-state index contributed by atoms with van der Waals surface area (Å²) in [6.45, 7) is 0.289. The van der Waals surface area contributed by atoms with E-state index in [9.17, 15) is 9.18 Å². The number of rotatable bonds is 4. The molecule has 1 fully saturated rings. The molecule has 5 nitrogen and oxygen atoms in total. The maximum atomic E-state index is 13.1. The van der Waals surface area contributed by atoms with Crippen LogP contribution in [0.15, 0.2) is 29.4 Å². The number of nitrogens with zero attached hydrogens (tertiary/aromatic N) is 2. The van der Waals surface area contributed by atoms with Crippen molar-refractivity contribution in [2.75, 3.05) is 7.05 Å². The van der Waals surface area contributed by atoms with Gasteiger partial charge in [-0.05, 0) is 30.5 Å². The molecule has 1 saturated carbocycles. The van der Waals surface area contributed by atoms with Crippen LogP contribution in [0.5, 0.6) is 0 Å². The van der Waals surface area contributed by atoms with Crippen molar-refractivity contribution in [2.45, 2.75) is 19.4 Å². The van der Waals surface area contributed by atoms with E-state index < -0.39 is 5.41 Å². The molecule has 0 aliphatic heterocycles. The topological polar surface area (TPSA) is 78.9 Å². The van der Waals surface area contributed by atoms with Gasteiger partial charge >= 0.3 is 0 Å². The number of benzene rings is 1. The van der Waals surface area contributed by atoms with Crippen LogP contribution in [0.4, 0.5) is 4.39 Å². The SMILES string of the molecule is CN(Cc1cccc(F)c1)C(=O)C1(/C(N)=N/O)CC1. The smallest absolute Gasteiger partial charge is 0.236 e. The zero-order chi connectivity index (χ0) is 14.0. The molecule has 6 heteroatoms. The van der Waals surface area contributed by atoms with Gasteiger partial charge in [0.15, 0.2) is 5.84 Å². The number of oxime groups is 1. The first-order valence-electron chi connectivity index (χ1n) is 5.97. The van der Waals surface area contributed by atoms with E-state index in [1.165, 1.54) is 17.0 Å². The van der Waals surface area contributed by atoms with Crippen molar-refractivity contribution in [2.24, 2.45) is 16.3 Å². The summed E-state index contributed by atoms with van der Waals surface area (Å²) in [7, 11) is 1.62. The van der Waals surface area contributed by atoms with E-state index in [1.54, 1.807) is 19.2 Å². The fourth-order valence-electron chi connectivity index (χ4n) is 2.15. The molecule has 1 aliphatic carbocycles. The summed E-state index contributed by atoms with van der Waals surface area (Å²) in [6, 6.07) is 6.08. The van der Waals surface area contributed by atoms with Gasteiger partial charge in [-0.2, -0.15) is 0 Å². The maximum absolute atomic E-state index is 13.1. The fourth-order valence-corrected chi connectivity index (χ4v) is 2.15. The van der Waals surface area contributed by atoms with Crippen molar-refractivity contribution in [1.82, 2.24) is 4.90 Å². The minimum absolute atomic E-state index is 0.0522. The van der Waals surface area contributed by atoms with Crippen LogP contribution in [0.2, 0.25) is 0 Å². The molecule has 0 bridgehead atoms. The molecular weight excluding hydrogens is 249 g/mol. The van der Waals surface area contributed by atoms with Crippen molar-refractivity contribution >= 4 is 11.7 Å². The quantitative estimate of drug-likeness (QED) is 0.373. The number of halogens is 1. The van der Waals surface area contributed by atoms with Crippen molar-refractivity contribution in [3.63, 3.8) is 0 Å². The molecule has 19 heavy (non-hydrogen) atoms. The lowest BCUT2D eigenvalue weighted by Crippen LogP contribution is -2.41. The second-order valence-electron chi connectivity index (χ2n) is 4.86. The number of hydrogen-bond acceptors (Lipinski definition) is 3. The normalized spacial score (nSPS) is 17.1. The van der Waals surface area contributed by atoms with Crippen LogP contribution in [-0.4, -0.2) is 28.9 Å². The average molecular weight is 265 g/mol. The van der Waals surface area contributed by atoms with Crippen LogP contribution in [0.3, 0.4) is 0 Å². The predicted octanol–water partition coefficient (Wildman–Crippen LogP) is 1.31. The molecule has 0 aromatic heterocycles. The Balaban J connectivity index is 2.09. The van der Waals surface area contributed by atoms with E-state index in [-0.39, 0.29) is 24.1 Å². The van der Waals surface area contributed by atoms with Gasteiger partial charge in [-0.25, -0.2) is 4.39 Å². The number of amides is 1. The van der Waals surface area contributed by atoms with Crippen LogP contribution >= 0.6 is 0 Å². The molecule has 0 heterocycles. The van der Waals surface area contributed by atoms with Gasteiger partial charge in [-0.15, -0.1) is 0 Å². The Morgan fingerprint density at radius 3 is 2.79 bits per heavy atom. The maximum Gasteiger partial charge on any atom is 0.236 e. The number of nitrogens with two attached hydrogens (primary N) is 1. The van der Waals surface area contributed by atoms with Gasteiger partial charge in [-0.1, -0.05) is 17.3 Å². The number of hydrogen-bond donors (Lipinski definition) is 2. The van der Waals surface area contributed by atoms with E-state index in [1.807, 2.05) is 0 Å². The minimum atomic E-state index is -0.864. The minimum Gasteiger partial charge on any atom is -0.409 e. The van der Waals surface area contributed by atoms with Crippen molar-refractivity contribution in [3.8, 4) is 0 Å². The molecule has 1 amide bonds. The predicted molar refractivity (Wildman–Crippen MR) is 67.9 cm³/mol. The first kappa shape index (κ1) is 13.3. The van der Waals surface area contributed by atoms with Gasteiger partial charge in [0.1, 0.15) is 11.2 Å². The first-order chi connectivity index (χ1) is 8.99. The lowest BCUT2D eigenvalue weighted by Gasteiger charge is -2.22. The second-order valence-corrected chi connectivity index (χ2v) is 4.86. The molecule has 3 N–H and O–H groups in total. The Morgan fingerprint density at radius 2 is 2.26 bits per heavy atom. The summed E-state index contributed by atoms with van der Waals surface area (Å²) in [6.07, 6.45) is 1.16. The second kappa shape index (κ2) is 4.87. The summed E-state index contributed by atoms with van der Waals surface area (Å²) in [5, 5.41) is 11.6. The van der Waals surface area contributed by atoms with Gasteiger partial charge in [0.25, 0.3) is 0 Å². The van der Waals surface area contributed by atoms with Crippen molar-refractivity contribution in [3.05, 3.63) is 35.6 Å². The highest BCUT2D eigenvalue weighted by atomic mass is 19.1. The molecule has 0 saturated heterocycles. The molecule has 1 aliphatic rings. The first-order valence-corrected chi connectivity index (χ1v) is 5.97. The fraction of sp³-hybridized carbons (Fsp3) is 0.385. The molecule has 102 valence electrons. The largest absolute Gasteiger partial charge is 0.409 e.